The first-order valence-electron chi connectivity index (χ1n) is 10.3. The summed E-state index contributed by atoms with van der Waals surface area (Å²) in [5, 5.41) is 7.06. The van der Waals surface area contributed by atoms with Crippen molar-refractivity contribution in [3.8, 4) is 23.0 Å². The van der Waals surface area contributed by atoms with Crippen LogP contribution in [0, 0.1) is 0 Å². The predicted octanol–water partition coefficient (Wildman–Crippen LogP) is 5.72. The van der Waals surface area contributed by atoms with Crippen LogP contribution >= 0.6 is 15.9 Å². The van der Waals surface area contributed by atoms with E-state index in [1.807, 2.05) is 53.5 Å². The van der Waals surface area contributed by atoms with E-state index in [1.165, 1.54) is 0 Å². The second-order valence-corrected chi connectivity index (χ2v) is 8.55. The van der Waals surface area contributed by atoms with Crippen molar-refractivity contribution in [3.63, 3.8) is 0 Å². The summed E-state index contributed by atoms with van der Waals surface area (Å²) in [6.45, 7) is 0. The van der Waals surface area contributed by atoms with Crippen molar-refractivity contribution in [3.05, 3.63) is 81.8 Å². The van der Waals surface area contributed by atoms with Gasteiger partial charge < -0.3 is 18.9 Å². The number of hydrazone groups is 1. The van der Waals surface area contributed by atoms with Crippen LogP contribution in [-0.4, -0.2) is 32.0 Å². The first-order valence-corrected chi connectivity index (χ1v) is 11.1. The molecule has 3 aromatic carbocycles. The van der Waals surface area contributed by atoms with E-state index in [-0.39, 0.29) is 6.04 Å². The Hall–Kier alpha value is -3.19. The fourth-order valence-corrected chi connectivity index (χ4v) is 4.64. The van der Waals surface area contributed by atoms with Crippen molar-refractivity contribution in [2.75, 3.05) is 21.3 Å². The van der Waals surface area contributed by atoms with E-state index in [0.29, 0.717) is 5.75 Å². The summed E-state index contributed by atoms with van der Waals surface area (Å²) in [5.74, 6) is 3.07. The zero-order valence-corrected chi connectivity index (χ0v) is 19.6. The second-order valence-electron chi connectivity index (χ2n) is 7.64. The van der Waals surface area contributed by atoms with Gasteiger partial charge in [-0.25, -0.2) is 5.01 Å². The molecule has 2 aliphatic rings. The van der Waals surface area contributed by atoms with Crippen LogP contribution in [0.3, 0.4) is 0 Å². The summed E-state index contributed by atoms with van der Waals surface area (Å²) in [7, 11) is 4.96. The van der Waals surface area contributed by atoms with Gasteiger partial charge in [-0.05, 0) is 42.5 Å². The van der Waals surface area contributed by atoms with Gasteiger partial charge in [0.25, 0.3) is 0 Å². The van der Waals surface area contributed by atoms with Gasteiger partial charge in [0.1, 0.15) is 23.0 Å². The van der Waals surface area contributed by atoms with Crippen LogP contribution in [0.4, 0.5) is 0 Å². The average molecular weight is 495 g/mol. The van der Waals surface area contributed by atoms with Gasteiger partial charge in [0.15, 0.2) is 0 Å². The van der Waals surface area contributed by atoms with Gasteiger partial charge in [-0.15, -0.1) is 0 Å². The van der Waals surface area contributed by atoms with Crippen LogP contribution < -0.4 is 18.9 Å². The molecule has 2 heterocycles. The highest BCUT2D eigenvalue weighted by molar-refractivity contribution is 9.10. The van der Waals surface area contributed by atoms with E-state index in [0.717, 1.165) is 50.5 Å². The molecule has 0 spiro atoms. The molecule has 0 fully saturated rings. The summed E-state index contributed by atoms with van der Waals surface area (Å²) < 4.78 is 24.0. The molecule has 0 amide bonds. The monoisotopic (exact) mass is 494 g/mol. The van der Waals surface area contributed by atoms with E-state index in [2.05, 4.69) is 28.1 Å². The summed E-state index contributed by atoms with van der Waals surface area (Å²) >= 11 is 3.60. The maximum Gasteiger partial charge on any atom is 0.217 e. The second kappa shape index (κ2) is 8.39. The van der Waals surface area contributed by atoms with Gasteiger partial charge in [-0.1, -0.05) is 28.1 Å². The maximum atomic E-state index is 6.48. The Morgan fingerprint density at radius 2 is 1.72 bits per heavy atom. The molecule has 164 valence electrons. The van der Waals surface area contributed by atoms with Gasteiger partial charge >= 0.3 is 0 Å². The number of halogens is 1. The molecule has 0 saturated carbocycles. The highest BCUT2D eigenvalue weighted by Crippen LogP contribution is 2.49. The summed E-state index contributed by atoms with van der Waals surface area (Å²) in [5.41, 5.74) is 4.02. The number of hydrogen-bond acceptors (Lipinski definition) is 6. The molecule has 0 aliphatic carbocycles. The molecule has 2 atom stereocenters. The zero-order chi connectivity index (χ0) is 22.2. The normalized spacial score (nSPS) is 18.9. The molecular formula is C25H23BrN2O4. The number of rotatable bonds is 5. The molecule has 0 N–H and O–H groups in total. The number of benzene rings is 3. The molecule has 5 rings (SSSR count). The minimum atomic E-state index is -0.433. The SMILES string of the molecule is COc1cccc(C2=NN3[C@@H](c4ccc(OC)cc4OC)Oc4ccc(Br)cc4[C@@H]3C2)c1. The van der Waals surface area contributed by atoms with E-state index >= 15 is 0 Å². The molecule has 7 heteroatoms. The quantitative estimate of drug-likeness (QED) is 0.454. The fraction of sp³-hybridized carbons (Fsp3) is 0.240. The summed E-state index contributed by atoms with van der Waals surface area (Å²) in [6, 6.07) is 19.9. The van der Waals surface area contributed by atoms with Crippen LogP contribution in [0.1, 0.15) is 35.4 Å². The lowest BCUT2D eigenvalue weighted by Gasteiger charge is -2.38. The average Bonchev–Trinajstić information content (AvgIpc) is 3.29. The van der Waals surface area contributed by atoms with Gasteiger partial charge in [0.2, 0.25) is 6.23 Å². The standard InChI is InChI=1S/C25H23BrN2O4/c1-29-17-6-4-5-15(11-17)21-14-22-20-12-16(26)7-10-23(20)32-25(28(22)27-21)19-9-8-18(30-2)13-24(19)31-3/h4-13,22,25H,14H2,1-3H3/t22-,25+/m0/s1. The summed E-state index contributed by atoms with van der Waals surface area (Å²) in [6.07, 6.45) is 0.326. The third-order valence-electron chi connectivity index (χ3n) is 5.86. The Morgan fingerprint density at radius 3 is 2.50 bits per heavy atom. The highest BCUT2D eigenvalue weighted by Gasteiger charge is 2.42. The van der Waals surface area contributed by atoms with E-state index in [1.54, 1.807) is 21.3 Å². The van der Waals surface area contributed by atoms with E-state index in [9.17, 15) is 0 Å². The van der Waals surface area contributed by atoms with Crippen LogP contribution in [0.2, 0.25) is 0 Å². The lowest BCUT2D eigenvalue weighted by Crippen LogP contribution is -2.34. The van der Waals surface area contributed by atoms with Crippen LogP contribution in [0.25, 0.3) is 0 Å². The van der Waals surface area contributed by atoms with Crippen LogP contribution in [0.5, 0.6) is 23.0 Å². The smallest absolute Gasteiger partial charge is 0.217 e. The zero-order valence-electron chi connectivity index (χ0n) is 18.0. The van der Waals surface area contributed by atoms with Crippen molar-refractivity contribution in [2.24, 2.45) is 5.10 Å². The third-order valence-corrected chi connectivity index (χ3v) is 6.35. The maximum absolute atomic E-state index is 6.48. The minimum Gasteiger partial charge on any atom is -0.497 e. The van der Waals surface area contributed by atoms with Crippen molar-refractivity contribution in [1.29, 1.82) is 0 Å². The fourth-order valence-electron chi connectivity index (χ4n) is 4.26. The van der Waals surface area contributed by atoms with E-state index in [4.69, 9.17) is 24.0 Å². The van der Waals surface area contributed by atoms with E-state index < -0.39 is 6.23 Å². The number of nitrogens with zero attached hydrogens (tertiary/aromatic N) is 2. The molecule has 0 aromatic heterocycles. The van der Waals surface area contributed by atoms with Gasteiger partial charge in [-0.2, -0.15) is 5.10 Å². The van der Waals surface area contributed by atoms with Crippen molar-refractivity contribution in [1.82, 2.24) is 5.01 Å². The van der Waals surface area contributed by atoms with Crippen LogP contribution in [0.15, 0.2) is 70.2 Å². The number of hydrogen-bond donors (Lipinski definition) is 0. The Balaban J connectivity index is 1.61. The third kappa shape index (κ3) is 3.56. The molecule has 6 nitrogen and oxygen atoms in total. The predicted molar refractivity (Wildman–Crippen MR) is 126 cm³/mol. The summed E-state index contributed by atoms with van der Waals surface area (Å²) in [4.78, 5) is 0. The van der Waals surface area contributed by atoms with Crippen molar-refractivity contribution < 1.29 is 18.9 Å². The topological polar surface area (TPSA) is 52.5 Å². The lowest BCUT2D eigenvalue weighted by molar-refractivity contribution is -0.0204. The Bertz CT molecular complexity index is 1200. The first-order chi connectivity index (χ1) is 15.6. The van der Waals surface area contributed by atoms with Crippen LogP contribution in [-0.2, 0) is 0 Å². The van der Waals surface area contributed by atoms with Crippen molar-refractivity contribution in [2.45, 2.75) is 18.7 Å². The largest absolute Gasteiger partial charge is 0.497 e. The van der Waals surface area contributed by atoms with Crippen molar-refractivity contribution >= 4 is 21.6 Å². The number of ether oxygens (including phenoxy) is 4. The molecule has 2 aliphatic heterocycles. The Morgan fingerprint density at radius 1 is 0.906 bits per heavy atom. The van der Waals surface area contributed by atoms with Gasteiger partial charge in [0.05, 0.1) is 38.6 Å². The molecule has 0 bridgehead atoms. The van der Waals surface area contributed by atoms with Gasteiger partial charge in [0, 0.05) is 28.1 Å². The lowest BCUT2D eigenvalue weighted by atomic mass is 9.95. The molecule has 32 heavy (non-hydrogen) atoms. The number of methoxy groups -OCH3 is 3. The molecule has 0 unspecified atom stereocenters. The van der Waals surface area contributed by atoms with Gasteiger partial charge in [-0.3, -0.25) is 0 Å². The Kier molecular flexibility index (Phi) is 5.43. The Labute approximate surface area is 195 Å². The highest BCUT2D eigenvalue weighted by atomic mass is 79.9. The number of fused-ring (bicyclic) bond motifs is 3. The first kappa shape index (κ1) is 20.7. The molecule has 0 radical (unpaired) electrons. The minimum absolute atomic E-state index is 0.0364. The molecule has 0 saturated heterocycles. The molecule has 3 aromatic rings. The molecular weight excluding hydrogens is 472 g/mol.